The molecule has 2 aliphatic heterocycles. The van der Waals surface area contributed by atoms with Crippen molar-refractivity contribution in [3.8, 4) is 22.3 Å². The Bertz CT molecular complexity index is 2700. The van der Waals surface area contributed by atoms with Crippen molar-refractivity contribution < 1.29 is 64.4 Å². The Morgan fingerprint density at radius 3 is 1.39 bits per heavy atom. The normalized spacial score (nSPS) is 30.1. The van der Waals surface area contributed by atoms with Crippen molar-refractivity contribution in [2.75, 3.05) is 13.2 Å². The number of fused-ring (bicyclic) bond motifs is 4. The van der Waals surface area contributed by atoms with Gasteiger partial charge >= 0.3 is 34.5 Å². The van der Waals surface area contributed by atoms with E-state index < -0.39 is 10.4 Å². The van der Waals surface area contributed by atoms with Crippen LogP contribution in [0.2, 0.25) is 0 Å². The number of ether oxygens (including phenoxy) is 4. The molecule has 10 rings (SSSR count). The Morgan fingerprint density at radius 2 is 1.04 bits per heavy atom. The first-order chi connectivity index (χ1) is 36.8. The second kappa shape index (κ2) is 25.3. The summed E-state index contributed by atoms with van der Waals surface area (Å²) in [5.41, 5.74) is 4.95. The summed E-state index contributed by atoms with van der Waals surface area (Å²) in [4.78, 5) is 58.4. The van der Waals surface area contributed by atoms with E-state index in [-0.39, 0.29) is 95.6 Å². The van der Waals surface area contributed by atoms with Crippen LogP contribution >= 0.6 is 0 Å². The summed E-state index contributed by atoms with van der Waals surface area (Å²) in [5, 5.41) is 6.00. The fourth-order valence-electron chi connectivity index (χ4n) is 13.3. The van der Waals surface area contributed by atoms with Crippen LogP contribution in [0.5, 0.6) is 0 Å². The number of alkyl carbamates (subject to hydrolysis) is 2. The lowest BCUT2D eigenvalue weighted by Crippen LogP contribution is -2.48. The molecule has 77 heavy (non-hydrogen) atoms. The fourth-order valence-corrected chi connectivity index (χ4v) is 13.3. The standard InChI is InChI=1S/2C29H33FN2O4.H2O4S/c2*1-3-35-29(34)32-23-10-11-24-20(14-23)15-26-27(17(2)36-28(26)33)25(24)12-9-22-8-7-19(16-31-22)18-5-4-6-21(30)13-18;1-5(2,3)4/h2*4-9,12-13,16-17,20,23-27H,3,10-11,14-15H2,1-2H3,(H,32,34);(H2,1,2,3,4)/b2*12-9+;/t2*17-,20+,23-,24-,25+,26-,27+;/m11./s1. The third kappa shape index (κ3) is 14.5. The van der Waals surface area contributed by atoms with Crippen LogP contribution < -0.4 is 10.6 Å². The average molecular weight is 1080 g/mol. The molecule has 6 aliphatic rings. The largest absolute Gasteiger partial charge is 0.462 e. The molecule has 16 nitrogen and oxygen atoms in total. The van der Waals surface area contributed by atoms with E-state index in [9.17, 15) is 28.0 Å². The molecule has 2 aromatic carbocycles. The number of cyclic esters (lactones) is 2. The maximum atomic E-state index is 13.6. The Kier molecular flexibility index (Phi) is 18.6. The molecular formula is C58H68F2N4O12S. The van der Waals surface area contributed by atoms with Gasteiger partial charge in [0, 0.05) is 47.4 Å². The van der Waals surface area contributed by atoms with Crippen molar-refractivity contribution in [1.82, 2.24) is 20.6 Å². The first-order valence-electron chi connectivity index (χ1n) is 26.6. The van der Waals surface area contributed by atoms with Gasteiger partial charge in [-0.05, 0) is 174 Å². The Morgan fingerprint density at radius 1 is 0.636 bits per heavy atom. The SMILES string of the molecule is CCOC(=O)N[C@@H]1CC[C@@H]2[C@@H](C1)C[C@H]1C(=O)O[C@H](C)[C@H]1[C@H]2/C=C/c1ccc(-c2cccc(F)c2)cn1.CCOC(=O)N[C@@H]1CC[C@@H]2[C@@H](C1)C[C@H]1C(=O)O[C@H](C)[C@H]1[C@H]2/C=C/c1ccc(-c2cccc(F)c2)cn1.O=S(=O)(O)O. The van der Waals surface area contributed by atoms with Crippen molar-refractivity contribution in [2.24, 2.45) is 59.2 Å². The Labute approximate surface area is 448 Å². The smallest absolute Gasteiger partial charge is 0.407 e. The van der Waals surface area contributed by atoms with Gasteiger partial charge in [-0.1, -0.05) is 48.6 Å². The lowest BCUT2D eigenvalue weighted by atomic mass is 9.57. The number of halogens is 2. The summed E-state index contributed by atoms with van der Waals surface area (Å²) in [5.74, 6) is 1.26. The Hall–Kier alpha value is -6.57. The maximum absolute atomic E-state index is 13.6. The highest BCUT2D eigenvalue weighted by Crippen LogP contribution is 2.55. The zero-order valence-electron chi connectivity index (χ0n) is 43.6. The molecule has 4 N–H and O–H groups in total. The van der Waals surface area contributed by atoms with E-state index in [4.69, 9.17) is 36.5 Å². The van der Waals surface area contributed by atoms with E-state index in [0.717, 1.165) is 85.0 Å². The number of benzene rings is 2. The molecule has 0 bridgehead atoms. The minimum atomic E-state index is -4.67. The molecule has 4 saturated carbocycles. The lowest BCUT2D eigenvalue weighted by Gasteiger charge is -2.47. The molecule has 14 atom stereocenters. The molecule has 4 aliphatic carbocycles. The van der Waals surface area contributed by atoms with Gasteiger partial charge in [0.2, 0.25) is 0 Å². The summed E-state index contributed by atoms with van der Waals surface area (Å²) in [6, 6.07) is 20.9. The van der Waals surface area contributed by atoms with Gasteiger partial charge in [-0.2, -0.15) is 8.42 Å². The topological polar surface area (TPSA) is 230 Å². The van der Waals surface area contributed by atoms with E-state index in [1.54, 1.807) is 38.4 Å². The fraction of sp³-hybridized carbons (Fsp3) is 0.483. The number of aromatic nitrogens is 2. The maximum Gasteiger partial charge on any atom is 0.407 e. The summed E-state index contributed by atoms with van der Waals surface area (Å²) in [6.45, 7) is 8.30. The molecule has 0 radical (unpaired) electrons. The number of hydrogen-bond donors (Lipinski definition) is 4. The number of rotatable bonds is 10. The van der Waals surface area contributed by atoms with Crippen LogP contribution in [0.15, 0.2) is 97.3 Å². The van der Waals surface area contributed by atoms with Gasteiger partial charge in [-0.15, -0.1) is 0 Å². The average Bonchev–Trinajstić information content (AvgIpc) is 3.90. The van der Waals surface area contributed by atoms with E-state index in [1.165, 1.54) is 24.3 Å². The Balaban J connectivity index is 0.000000187. The van der Waals surface area contributed by atoms with E-state index in [1.807, 2.05) is 62.4 Å². The third-order valence-electron chi connectivity index (χ3n) is 16.4. The highest BCUT2D eigenvalue weighted by Gasteiger charge is 2.56. The predicted octanol–water partition coefficient (Wildman–Crippen LogP) is 10.6. The zero-order valence-corrected chi connectivity index (χ0v) is 44.4. The van der Waals surface area contributed by atoms with Crippen molar-refractivity contribution in [3.63, 3.8) is 0 Å². The van der Waals surface area contributed by atoms with Gasteiger partial charge in [0.05, 0.1) is 36.4 Å². The molecule has 4 aromatic rings. The zero-order chi connectivity index (χ0) is 55.0. The van der Waals surface area contributed by atoms with Crippen molar-refractivity contribution in [2.45, 2.75) is 103 Å². The van der Waals surface area contributed by atoms with Crippen LogP contribution in [-0.4, -0.2) is 89.1 Å². The van der Waals surface area contributed by atoms with Crippen LogP contribution in [0, 0.1) is 70.8 Å². The first kappa shape index (κ1) is 56.6. The van der Waals surface area contributed by atoms with Gasteiger partial charge < -0.3 is 29.6 Å². The molecule has 2 aromatic heterocycles. The number of esters is 2. The summed E-state index contributed by atoms with van der Waals surface area (Å²) < 4.78 is 80.3. The molecule has 4 heterocycles. The molecule has 2 saturated heterocycles. The second-order valence-corrected chi connectivity index (χ2v) is 21.9. The number of amides is 2. The minimum absolute atomic E-state index is 0.0679. The number of carbonyl (C=O) groups is 4. The molecular weight excluding hydrogens is 1010 g/mol. The predicted molar refractivity (Wildman–Crippen MR) is 282 cm³/mol. The van der Waals surface area contributed by atoms with Crippen LogP contribution in [-0.2, 0) is 38.9 Å². The number of nitrogens with zero attached hydrogens (tertiary/aromatic N) is 2. The highest BCUT2D eigenvalue weighted by atomic mass is 32.3. The minimum Gasteiger partial charge on any atom is -0.462 e. The molecule has 0 spiro atoms. The van der Waals surface area contributed by atoms with Crippen molar-refractivity contribution in [3.05, 3.63) is 120 Å². The molecule has 0 unspecified atom stereocenters. The molecule has 2 amide bonds. The van der Waals surface area contributed by atoms with Gasteiger partial charge in [-0.3, -0.25) is 28.7 Å². The molecule has 6 fully saturated rings. The van der Waals surface area contributed by atoms with E-state index in [0.29, 0.717) is 36.9 Å². The van der Waals surface area contributed by atoms with Gasteiger partial charge in [0.1, 0.15) is 23.8 Å². The number of hydrogen-bond acceptors (Lipinski definition) is 12. The summed E-state index contributed by atoms with van der Waals surface area (Å²) in [7, 11) is -4.67. The summed E-state index contributed by atoms with van der Waals surface area (Å²) >= 11 is 0. The van der Waals surface area contributed by atoms with Crippen LogP contribution in [0.1, 0.15) is 90.4 Å². The molecule has 19 heteroatoms. The monoisotopic (exact) mass is 1080 g/mol. The third-order valence-corrected chi connectivity index (χ3v) is 16.4. The highest BCUT2D eigenvalue weighted by molar-refractivity contribution is 7.79. The summed E-state index contributed by atoms with van der Waals surface area (Å²) in [6.07, 6.45) is 18.1. The number of nitrogens with one attached hydrogen (secondary N) is 2. The number of pyridine rings is 2. The van der Waals surface area contributed by atoms with Crippen LogP contribution in [0.3, 0.4) is 0 Å². The quantitative estimate of drug-likeness (QED) is 0.0658. The first-order valence-corrected chi connectivity index (χ1v) is 28.0. The molecule has 412 valence electrons. The second-order valence-electron chi connectivity index (χ2n) is 21.0. The lowest BCUT2D eigenvalue weighted by molar-refractivity contribution is -0.145. The van der Waals surface area contributed by atoms with Crippen LogP contribution in [0.4, 0.5) is 18.4 Å². The van der Waals surface area contributed by atoms with Gasteiger partial charge in [-0.25, -0.2) is 18.4 Å². The van der Waals surface area contributed by atoms with E-state index >= 15 is 0 Å². The van der Waals surface area contributed by atoms with Gasteiger partial charge in [0.15, 0.2) is 0 Å². The van der Waals surface area contributed by atoms with Crippen LogP contribution in [0.25, 0.3) is 34.4 Å². The van der Waals surface area contributed by atoms with Crippen molar-refractivity contribution >= 4 is 46.7 Å². The van der Waals surface area contributed by atoms with Crippen molar-refractivity contribution in [1.29, 1.82) is 0 Å². The number of allylic oxidation sites excluding steroid dienone is 2. The van der Waals surface area contributed by atoms with Gasteiger partial charge in [0.25, 0.3) is 0 Å². The number of carbonyl (C=O) groups excluding carboxylic acids is 4. The van der Waals surface area contributed by atoms with E-state index in [2.05, 4.69) is 32.8 Å².